The first-order valence-corrected chi connectivity index (χ1v) is 7.46. The largest absolute Gasteiger partial charge is 0.409 e. The van der Waals surface area contributed by atoms with E-state index < -0.39 is 5.60 Å². The maximum atomic E-state index is 9.95. The molecule has 0 spiro atoms. The van der Waals surface area contributed by atoms with Crippen molar-refractivity contribution in [3.63, 3.8) is 0 Å². The zero-order chi connectivity index (χ0) is 15.3. The van der Waals surface area contributed by atoms with Crippen LogP contribution in [-0.2, 0) is 0 Å². The highest BCUT2D eigenvalue weighted by atomic mass is 32.2. The molecule has 6 heteroatoms. The maximum absolute atomic E-state index is 9.95. The number of rotatable bonds is 6. The van der Waals surface area contributed by atoms with E-state index in [0.29, 0.717) is 12.1 Å². The summed E-state index contributed by atoms with van der Waals surface area (Å²) < 4.78 is 0. The van der Waals surface area contributed by atoms with Gasteiger partial charge in [0.15, 0.2) is 5.84 Å². The zero-order valence-electron chi connectivity index (χ0n) is 12.4. The molecule has 1 aromatic carbocycles. The highest BCUT2D eigenvalue weighted by Gasteiger charge is 2.20. The number of aliphatic hydroxyl groups is 1. The van der Waals surface area contributed by atoms with Crippen molar-refractivity contribution >= 4 is 23.3 Å². The van der Waals surface area contributed by atoms with Gasteiger partial charge in [0.25, 0.3) is 0 Å². The summed E-state index contributed by atoms with van der Waals surface area (Å²) in [6.45, 7) is 5.99. The average Bonchev–Trinajstić information content (AvgIpc) is 2.36. The van der Waals surface area contributed by atoms with E-state index in [-0.39, 0.29) is 5.84 Å². The summed E-state index contributed by atoms with van der Waals surface area (Å²) in [5.74, 6) is 0.976. The summed E-state index contributed by atoms with van der Waals surface area (Å²) in [7, 11) is 1.88. The first-order valence-electron chi connectivity index (χ1n) is 6.47. The van der Waals surface area contributed by atoms with Crippen LogP contribution in [0.1, 0.15) is 26.3 Å². The molecular formula is C14H23N3O2S. The van der Waals surface area contributed by atoms with Gasteiger partial charge < -0.3 is 20.9 Å². The fourth-order valence-electron chi connectivity index (χ4n) is 2.09. The monoisotopic (exact) mass is 297 g/mol. The predicted octanol–water partition coefficient (Wildman–Crippen LogP) is 2.10. The van der Waals surface area contributed by atoms with Gasteiger partial charge in [0.1, 0.15) is 0 Å². The van der Waals surface area contributed by atoms with Gasteiger partial charge in [-0.15, -0.1) is 11.8 Å². The Morgan fingerprint density at radius 1 is 1.45 bits per heavy atom. The zero-order valence-corrected chi connectivity index (χ0v) is 13.2. The molecule has 0 aliphatic rings. The molecule has 0 aliphatic heterocycles. The second-order valence-electron chi connectivity index (χ2n) is 5.24. The van der Waals surface area contributed by atoms with E-state index in [2.05, 4.69) is 5.16 Å². The van der Waals surface area contributed by atoms with Gasteiger partial charge >= 0.3 is 0 Å². The van der Waals surface area contributed by atoms with Crippen LogP contribution in [0.25, 0.3) is 0 Å². The Kier molecular flexibility index (Phi) is 5.71. The first-order chi connectivity index (χ1) is 9.30. The molecule has 1 rings (SSSR count). The molecule has 0 amide bonds. The third-order valence-corrected chi connectivity index (χ3v) is 3.64. The van der Waals surface area contributed by atoms with E-state index in [4.69, 9.17) is 10.9 Å². The minimum Gasteiger partial charge on any atom is -0.409 e. The van der Waals surface area contributed by atoms with Crippen LogP contribution < -0.4 is 10.6 Å². The molecule has 0 saturated carbocycles. The molecule has 20 heavy (non-hydrogen) atoms. The topological polar surface area (TPSA) is 82.1 Å². The van der Waals surface area contributed by atoms with Crippen molar-refractivity contribution in [2.75, 3.05) is 24.2 Å². The predicted molar refractivity (Wildman–Crippen MR) is 84.9 cm³/mol. The lowest BCUT2D eigenvalue weighted by atomic mass is 10.1. The molecule has 112 valence electrons. The summed E-state index contributed by atoms with van der Waals surface area (Å²) in [6.07, 6.45) is 0. The van der Waals surface area contributed by atoms with Crippen LogP contribution >= 0.6 is 11.8 Å². The van der Waals surface area contributed by atoms with Crippen LogP contribution in [0.4, 0.5) is 5.69 Å². The third-order valence-electron chi connectivity index (χ3n) is 2.70. The van der Waals surface area contributed by atoms with Crippen LogP contribution in [0.5, 0.6) is 0 Å². The van der Waals surface area contributed by atoms with E-state index in [9.17, 15) is 5.11 Å². The molecule has 0 aromatic heterocycles. The van der Waals surface area contributed by atoms with E-state index in [1.54, 1.807) is 25.6 Å². The number of oxime groups is 1. The fraction of sp³-hybridized carbons (Fsp3) is 0.500. The number of nitrogens with zero attached hydrogens (tertiary/aromatic N) is 2. The fourth-order valence-corrected chi connectivity index (χ4v) is 2.93. The average molecular weight is 297 g/mol. The second-order valence-corrected chi connectivity index (χ2v) is 6.54. The molecule has 1 aromatic rings. The van der Waals surface area contributed by atoms with Crippen LogP contribution in [0.3, 0.4) is 0 Å². The minimum absolute atomic E-state index is 0.0825. The van der Waals surface area contributed by atoms with Crippen molar-refractivity contribution in [2.24, 2.45) is 10.9 Å². The lowest BCUT2D eigenvalue weighted by Gasteiger charge is -2.29. The molecule has 0 fully saturated rings. The van der Waals surface area contributed by atoms with Gasteiger partial charge in [-0.3, -0.25) is 0 Å². The Hall–Kier alpha value is -1.40. The molecule has 0 aliphatic carbocycles. The molecule has 0 atom stereocenters. The minimum atomic E-state index is -0.828. The number of amidine groups is 1. The summed E-state index contributed by atoms with van der Waals surface area (Å²) in [5, 5.41) is 22.1. The third kappa shape index (κ3) is 4.31. The van der Waals surface area contributed by atoms with Crippen molar-refractivity contribution in [1.29, 1.82) is 0 Å². The molecule has 4 N–H and O–H groups in total. The number of thioether (sulfide) groups is 1. The van der Waals surface area contributed by atoms with Crippen LogP contribution in [0, 0.1) is 0 Å². The second kappa shape index (κ2) is 6.85. The summed E-state index contributed by atoms with van der Waals surface area (Å²) in [5.41, 5.74) is 6.53. The van der Waals surface area contributed by atoms with Crippen molar-refractivity contribution in [2.45, 2.75) is 31.3 Å². The number of benzene rings is 1. The number of likely N-dealkylation sites (N-methyl/N-ethyl adjacent to an activating group) is 1. The molecule has 0 unspecified atom stereocenters. The first kappa shape index (κ1) is 16.7. The number of anilines is 1. The van der Waals surface area contributed by atoms with Gasteiger partial charge in [0.05, 0.1) is 11.2 Å². The SMILES string of the molecule is CCSc1cccc(N(C)CC(C)(C)O)c1/C(N)=N/O. The normalized spacial score (nSPS) is 12.6. The maximum Gasteiger partial charge on any atom is 0.173 e. The van der Waals surface area contributed by atoms with Gasteiger partial charge in [-0.25, -0.2) is 0 Å². The number of nitrogens with two attached hydrogens (primary N) is 1. The molecule has 5 nitrogen and oxygen atoms in total. The number of hydrogen-bond donors (Lipinski definition) is 3. The van der Waals surface area contributed by atoms with E-state index in [1.807, 2.05) is 37.1 Å². The molecule has 0 heterocycles. The van der Waals surface area contributed by atoms with Crippen LogP contribution in [-0.4, -0.2) is 41.1 Å². The van der Waals surface area contributed by atoms with Crippen molar-refractivity contribution in [3.05, 3.63) is 23.8 Å². The summed E-state index contributed by atoms with van der Waals surface area (Å²) in [4.78, 5) is 2.87. The van der Waals surface area contributed by atoms with Crippen molar-refractivity contribution in [3.8, 4) is 0 Å². The van der Waals surface area contributed by atoms with Crippen LogP contribution in [0.2, 0.25) is 0 Å². The molecule has 0 radical (unpaired) electrons. The van der Waals surface area contributed by atoms with Gasteiger partial charge in [0.2, 0.25) is 0 Å². The quantitative estimate of drug-likeness (QED) is 0.246. The smallest absolute Gasteiger partial charge is 0.173 e. The highest BCUT2D eigenvalue weighted by Crippen LogP contribution is 2.30. The Labute approximate surface area is 124 Å². The van der Waals surface area contributed by atoms with Crippen LogP contribution in [0.15, 0.2) is 28.3 Å². The Morgan fingerprint density at radius 2 is 2.10 bits per heavy atom. The van der Waals surface area contributed by atoms with Crippen molar-refractivity contribution < 1.29 is 10.3 Å². The van der Waals surface area contributed by atoms with Crippen molar-refractivity contribution in [1.82, 2.24) is 0 Å². The number of hydrogen-bond acceptors (Lipinski definition) is 5. The molecule has 0 bridgehead atoms. The molecule has 0 saturated heterocycles. The Bertz CT molecular complexity index is 484. The van der Waals surface area contributed by atoms with Gasteiger partial charge in [-0.2, -0.15) is 0 Å². The molecular weight excluding hydrogens is 274 g/mol. The van der Waals surface area contributed by atoms with E-state index in [1.165, 1.54) is 0 Å². The van der Waals surface area contributed by atoms with Gasteiger partial charge in [-0.05, 0) is 31.7 Å². The Morgan fingerprint density at radius 3 is 2.60 bits per heavy atom. The summed E-state index contributed by atoms with van der Waals surface area (Å²) in [6, 6.07) is 5.78. The van der Waals surface area contributed by atoms with E-state index >= 15 is 0 Å². The Balaban J connectivity index is 3.28. The van der Waals surface area contributed by atoms with E-state index in [0.717, 1.165) is 16.3 Å². The van der Waals surface area contributed by atoms with Gasteiger partial charge in [-0.1, -0.05) is 18.1 Å². The lowest BCUT2D eigenvalue weighted by molar-refractivity contribution is 0.0886. The highest BCUT2D eigenvalue weighted by molar-refractivity contribution is 7.99. The lowest BCUT2D eigenvalue weighted by Crippen LogP contribution is -2.37. The van der Waals surface area contributed by atoms with Gasteiger partial charge in [0, 0.05) is 24.2 Å². The summed E-state index contributed by atoms with van der Waals surface area (Å²) >= 11 is 1.63. The standard InChI is InChI=1S/C14H23N3O2S/c1-5-20-11-8-6-7-10(12(11)13(15)16-19)17(4)9-14(2,3)18/h6-8,18-19H,5,9H2,1-4H3,(H2,15,16).